The summed E-state index contributed by atoms with van der Waals surface area (Å²) in [4.78, 5) is 33.4. The van der Waals surface area contributed by atoms with Crippen LogP contribution in [0, 0.1) is 4.91 Å². The van der Waals surface area contributed by atoms with Gasteiger partial charge in [0, 0.05) is 14.1 Å². The zero-order valence-corrected chi connectivity index (χ0v) is 9.50. The van der Waals surface area contributed by atoms with Gasteiger partial charge in [0.15, 0.2) is 0 Å². The summed E-state index contributed by atoms with van der Waals surface area (Å²) in [6.07, 6.45) is 1.74. The average Bonchev–Trinajstić information content (AvgIpc) is 2.24. The van der Waals surface area contributed by atoms with Gasteiger partial charge in [-0.2, -0.15) is 4.91 Å². The number of nitrogens with zero attached hydrogens (tertiary/aromatic N) is 3. The van der Waals surface area contributed by atoms with E-state index < -0.39 is 11.2 Å². The summed E-state index contributed by atoms with van der Waals surface area (Å²) in [5.41, 5.74) is -0.594. The van der Waals surface area contributed by atoms with Crippen LogP contribution in [0.1, 0.15) is 5.56 Å². The molecular weight excluding hydrogens is 218 g/mol. The number of thioether (sulfide) groups is 1. The van der Waals surface area contributed by atoms with E-state index in [0.29, 0.717) is 5.03 Å². The lowest BCUT2D eigenvalue weighted by atomic mass is 10.3. The van der Waals surface area contributed by atoms with Gasteiger partial charge < -0.3 is 0 Å². The van der Waals surface area contributed by atoms with E-state index >= 15 is 0 Å². The summed E-state index contributed by atoms with van der Waals surface area (Å²) in [7, 11) is 2.94. The molecule has 15 heavy (non-hydrogen) atoms. The van der Waals surface area contributed by atoms with Gasteiger partial charge in [0.05, 0.1) is 10.6 Å². The standard InChI is InChI=1S/C8H11N3O3S/c1-10-6(12)5(4-9-14)7(15-3)11(2)8(10)13/h4H2,1-3H3. The molecule has 0 bridgehead atoms. The molecule has 0 aliphatic carbocycles. The maximum atomic E-state index is 11.6. The van der Waals surface area contributed by atoms with Crippen LogP contribution in [0.15, 0.2) is 19.8 Å². The number of aromatic nitrogens is 2. The summed E-state index contributed by atoms with van der Waals surface area (Å²) in [5.74, 6) is 0. The Labute approximate surface area is 89.9 Å². The van der Waals surface area contributed by atoms with E-state index in [2.05, 4.69) is 5.18 Å². The molecule has 0 unspecified atom stereocenters. The van der Waals surface area contributed by atoms with E-state index in [4.69, 9.17) is 0 Å². The molecule has 7 heteroatoms. The highest BCUT2D eigenvalue weighted by Crippen LogP contribution is 2.15. The Balaban J connectivity index is 3.70. The molecule has 0 saturated heterocycles. The van der Waals surface area contributed by atoms with Crippen LogP contribution in [0.25, 0.3) is 0 Å². The summed E-state index contributed by atoms with van der Waals surface area (Å²) in [6, 6.07) is 0. The molecule has 0 fully saturated rings. The van der Waals surface area contributed by atoms with Gasteiger partial charge in [-0.1, -0.05) is 5.18 Å². The Bertz CT molecular complexity index is 503. The van der Waals surface area contributed by atoms with Crippen LogP contribution in [0.2, 0.25) is 0 Å². The Morgan fingerprint density at radius 1 is 1.27 bits per heavy atom. The minimum absolute atomic E-state index is 0.211. The summed E-state index contributed by atoms with van der Waals surface area (Å²) in [5, 5.41) is 3.18. The Morgan fingerprint density at radius 2 is 1.87 bits per heavy atom. The van der Waals surface area contributed by atoms with Crippen molar-refractivity contribution < 1.29 is 0 Å². The highest BCUT2D eigenvalue weighted by atomic mass is 32.2. The highest BCUT2D eigenvalue weighted by molar-refractivity contribution is 7.98. The van der Waals surface area contributed by atoms with Crippen molar-refractivity contribution in [2.75, 3.05) is 6.26 Å². The second-order valence-electron chi connectivity index (χ2n) is 2.98. The minimum atomic E-state index is -0.456. The first-order chi connectivity index (χ1) is 7.04. The largest absolute Gasteiger partial charge is 0.331 e. The van der Waals surface area contributed by atoms with E-state index in [1.165, 1.54) is 23.4 Å². The van der Waals surface area contributed by atoms with Crippen LogP contribution in [-0.4, -0.2) is 15.4 Å². The first kappa shape index (κ1) is 11.7. The van der Waals surface area contributed by atoms with Crippen molar-refractivity contribution in [3.63, 3.8) is 0 Å². The van der Waals surface area contributed by atoms with Crippen molar-refractivity contribution in [2.24, 2.45) is 19.3 Å². The van der Waals surface area contributed by atoms with Crippen LogP contribution in [0.3, 0.4) is 0 Å². The lowest BCUT2D eigenvalue weighted by molar-refractivity contribution is 0.614. The normalized spacial score (nSPS) is 10.3. The van der Waals surface area contributed by atoms with E-state index in [9.17, 15) is 14.5 Å². The summed E-state index contributed by atoms with van der Waals surface area (Å²) < 4.78 is 2.31. The lowest BCUT2D eigenvalue weighted by Crippen LogP contribution is -2.39. The molecule has 6 nitrogen and oxygen atoms in total. The second-order valence-corrected chi connectivity index (χ2v) is 3.78. The molecule has 82 valence electrons. The topological polar surface area (TPSA) is 73.4 Å². The van der Waals surface area contributed by atoms with Gasteiger partial charge in [-0.15, -0.1) is 11.8 Å². The predicted molar refractivity (Wildman–Crippen MR) is 58.2 cm³/mol. The lowest BCUT2D eigenvalue weighted by Gasteiger charge is -2.10. The minimum Gasteiger partial charge on any atom is -0.291 e. The molecule has 0 spiro atoms. The fourth-order valence-corrected chi connectivity index (χ4v) is 2.11. The van der Waals surface area contributed by atoms with Gasteiger partial charge in [-0.3, -0.25) is 13.9 Å². The van der Waals surface area contributed by atoms with Crippen molar-refractivity contribution >= 4 is 11.8 Å². The maximum Gasteiger partial charge on any atom is 0.331 e. The van der Waals surface area contributed by atoms with Crippen LogP contribution in [0.5, 0.6) is 0 Å². The summed E-state index contributed by atoms with van der Waals surface area (Å²) in [6.45, 7) is -0.211. The van der Waals surface area contributed by atoms with Crippen molar-refractivity contribution in [1.29, 1.82) is 0 Å². The number of hydrogen-bond acceptors (Lipinski definition) is 5. The van der Waals surface area contributed by atoms with E-state index in [0.717, 1.165) is 4.57 Å². The van der Waals surface area contributed by atoms with Gasteiger partial charge in [0.25, 0.3) is 5.56 Å². The monoisotopic (exact) mass is 229 g/mol. The average molecular weight is 229 g/mol. The number of hydrogen-bond donors (Lipinski definition) is 0. The molecule has 0 aromatic carbocycles. The van der Waals surface area contributed by atoms with Crippen molar-refractivity contribution in [2.45, 2.75) is 11.6 Å². The molecule has 1 aromatic rings. The van der Waals surface area contributed by atoms with Crippen LogP contribution < -0.4 is 11.2 Å². The molecular formula is C8H11N3O3S. The zero-order valence-electron chi connectivity index (χ0n) is 8.68. The van der Waals surface area contributed by atoms with E-state index in [1.807, 2.05) is 0 Å². The molecule has 0 radical (unpaired) electrons. The van der Waals surface area contributed by atoms with Crippen molar-refractivity contribution in [3.8, 4) is 0 Å². The van der Waals surface area contributed by atoms with Gasteiger partial charge in [0.2, 0.25) is 0 Å². The van der Waals surface area contributed by atoms with Gasteiger partial charge in [-0.25, -0.2) is 4.79 Å². The fourth-order valence-electron chi connectivity index (χ4n) is 1.36. The van der Waals surface area contributed by atoms with Crippen molar-refractivity contribution in [3.05, 3.63) is 31.3 Å². The third kappa shape index (κ3) is 1.87. The van der Waals surface area contributed by atoms with Crippen LogP contribution in [-0.2, 0) is 20.6 Å². The molecule has 1 rings (SSSR count). The van der Waals surface area contributed by atoms with Crippen molar-refractivity contribution in [1.82, 2.24) is 9.13 Å². The van der Waals surface area contributed by atoms with Crippen LogP contribution in [0.4, 0.5) is 0 Å². The Hall–Kier alpha value is -1.37. The highest BCUT2D eigenvalue weighted by Gasteiger charge is 2.14. The Kier molecular flexibility index (Phi) is 3.46. The van der Waals surface area contributed by atoms with Gasteiger partial charge in [-0.05, 0) is 6.26 Å². The Morgan fingerprint density at radius 3 is 2.33 bits per heavy atom. The SMILES string of the molecule is CSc1c(CN=O)c(=O)n(C)c(=O)n1C. The molecule has 0 saturated carbocycles. The number of rotatable bonds is 3. The zero-order chi connectivity index (χ0) is 11.6. The smallest absolute Gasteiger partial charge is 0.291 e. The molecule has 0 aliphatic heterocycles. The molecule has 1 heterocycles. The van der Waals surface area contributed by atoms with Gasteiger partial charge >= 0.3 is 5.69 Å². The first-order valence-corrected chi connectivity index (χ1v) is 5.39. The van der Waals surface area contributed by atoms with E-state index in [1.54, 1.807) is 13.3 Å². The fraction of sp³-hybridized carbons (Fsp3) is 0.500. The molecule has 1 aromatic heterocycles. The molecule has 0 N–H and O–H groups in total. The van der Waals surface area contributed by atoms with Gasteiger partial charge in [0.1, 0.15) is 6.54 Å². The molecule has 0 aliphatic rings. The second kappa shape index (κ2) is 4.43. The quantitative estimate of drug-likeness (QED) is 0.418. The third-order valence-electron chi connectivity index (χ3n) is 2.12. The third-order valence-corrected chi connectivity index (χ3v) is 3.02. The first-order valence-electron chi connectivity index (χ1n) is 4.16. The van der Waals surface area contributed by atoms with Crippen LogP contribution >= 0.6 is 11.8 Å². The van der Waals surface area contributed by atoms with E-state index in [-0.39, 0.29) is 12.1 Å². The maximum absolute atomic E-state index is 11.6. The predicted octanol–water partition coefficient (Wildman–Crippen LogP) is 0.0723. The summed E-state index contributed by atoms with van der Waals surface area (Å²) >= 11 is 1.25. The molecule has 0 atom stereocenters. The molecule has 0 amide bonds. The number of nitroso groups, excluding NO2 is 1.